The lowest BCUT2D eigenvalue weighted by Gasteiger charge is -2.10. The van der Waals surface area contributed by atoms with Crippen molar-refractivity contribution in [2.24, 2.45) is 5.73 Å². The van der Waals surface area contributed by atoms with Gasteiger partial charge in [-0.25, -0.2) is 0 Å². The zero-order valence-electron chi connectivity index (χ0n) is 15.9. The summed E-state index contributed by atoms with van der Waals surface area (Å²) in [5, 5.41) is 7.33. The summed E-state index contributed by atoms with van der Waals surface area (Å²) < 4.78 is 42.5. The zero-order chi connectivity index (χ0) is 21.0. The quantitative estimate of drug-likeness (QED) is 0.251. The molecule has 0 bridgehead atoms. The highest BCUT2D eigenvalue weighted by Gasteiger charge is 2.02. The Morgan fingerprint density at radius 1 is 1.00 bits per heavy atom. The Hall–Kier alpha value is -2.78. The van der Waals surface area contributed by atoms with Crippen LogP contribution < -0.4 is 19.9 Å². The van der Waals surface area contributed by atoms with Crippen LogP contribution in [0.2, 0.25) is 0 Å². The van der Waals surface area contributed by atoms with E-state index >= 15 is 0 Å². The van der Waals surface area contributed by atoms with E-state index in [0.29, 0.717) is 25.0 Å². The van der Waals surface area contributed by atoms with E-state index in [0.717, 1.165) is 30.1 Å². The monoisotopic (exact) mass is 410 g/mol. The van der Waals surface area contributed by atoms with Crippen LogP contribution in [-0.4, -0.2) is 45.4 Å². The van der Waals surface area contributed by atoms with E-state index < -0.39 is 10.1 Å². The number of hydrogen-bond acceptors (Lipinski definition) is 6. The summed E-state index contributed by atoms with van der Waals surface area (Å²) in [6.07, 6.45) is 2.50. The molecule has 0 fully saturated rings. The maximum absolute atomic E-state index is 9.19. The number of methoxy groups -OCH3 is 1. The topological polar surface area (TPSA) is 132 Å². The van der Waals surface area contributed by atoms with E-state index in [1.807, 2.05) is 36.4 Å². The molecule has 0 aliphatic rings. The van der Waals surface area contributed by atoms with Gasteiger partial charge in [-0.05, 0) is 49.2 Å². The van der Waals surface area contributed by atoms with Crippen molar-refractivity contribution in [3.05, 3.63) is 54.1 Å². The third kappa shape index (κ3) is 10.4. The number of nitrogens with two attached hydrogens (primary N) is 1. The molecule has 0 amide bonds. The number of nitrogen functional groups attached to an aromatic ring is 1. The third-order valence-electron chi connectivity index (χ3n) is 3.30. The number of amidine groups is 1. The zero-order valence-corrected chi connectivity index (χ0v) is 16.7. The van der Waals surface area contributed by atoms with Crippen molar-refractivity contribution in [3.8, 4) is 17.2 Å². The van der Waals surface area contributed by atoms with Gasteiger partial charge in [0.15, 0.2) is 11.5 Å². The first-order valence-corrected chi connectivity index (χ1v) is 10.3. The van der Waals surface area contributed by atoms with Gasteiger partial charge < -0.3 is 19.9 Å². The van der Waals surface area contributed by atoms with Crippen molar-refractivity contribution in [1.29, 1.82) is 5.41 Å². The molecule has 4 N–H and O–H groups in total. The van der Waals surface area contributed by atoms with Gasteiger partial charge in [0.2, 0.25) is 0 Å². The lowest BCUT2D eigenvalue weighted by molar-refractivity contribution is 0.258. The maximum Gasteiger partial charge on any atom is 0.261 e. The number of rotatable bonds is 9. The molecule has 0 radical (unpaired) electrons. The van der Waals surface area contributed by atoms with Crippen LogP contribution in [0.3, 0.4) is 0 Å². The molecule has 0 aliphatic heterocycles. The highest BCUT2D eigenvalue weighted by atomic mass is 32.2. The summed E-state index contributed by atoms with van der Waals surface area (Å²) in [4.78, 5) is 0. The van der Waals surface area contributed by atoms with Gasteiger partial charge in [-0.2, -0.15) is 8.42 Å². The van der Waals surface area contributed by atoms with Crippen LogP contribution in [0.5, 0.6) is 17.2 Å². The van der Waals surface area contributed by atoms with E-state index in [1.54, 1.807) is 19.2 Å². The number of benzene rings is 2. The minimum Gasteiger partial charge on any atom is -0.494 e. The van der Waals surface area contributed by atoms with E-state index in [4.69, 9.17) is 29.9 Å². The first-order valence-electron chi connectivity index (χ1n) is 8.46. The van der Waals surface area contributed by atoms with Crippen molar-refractivity contribution < 1.29 is 27.2 Å². The van der Waals surface area contributed by atoms with E-state index in [2.05, 4.69) is 0 Å². The average molecular weight is 410 g/mol. The van der Waals surface area contributed by atoms with Gasteiger partial charge in [0.05, 0.1) is 26.6 Å². The summed E-state index contributed by atoms with van der Waals surface area (Å²) >= 11 is 0. The molecule has 2 aromatic rings. The Balaban J connectivity index is 0.000000696. The molecule has 0 spiro atoms. The molecule has 28 heavy (non-hydrogen) atoms. The highest BCUT2D eigenvalue weighted by Crippen LogP contribution is 2.25. The Morgan fingerprint density at radius 3 is 2.00 bits per heavy atom. The van der Waals surface area contributed by atoms with Crippen molar-refractivity contribution in [2.75, 3.05) is 26.6 Å². The number of para-hydroxylation sites is 2. The first-order chi connectivity index (χ1) is 13.2. The Labute approximate surface area is 165 Å². The predicted molar refractivity (Wildman–Crippen MR) is 108 cm³/mol. The van der Waals surface area contributed by atoms with Crippen LogP contribution in [0.1, 0.15) is 18.4 Å². The normalized spacial score (nSPS) is 10.4. The minimum atomic E-state index is -3.67. The molecule has 2 aromatic carbocycles. The number of ether oxygens (including phenoxy) is 3. The Bertz CT molecular complexity index is 830. The molecule has 0 aliphatic carbocycles. The van der Waals surface area contributed by atoms with Gasteiger partial charge in [-0.15, -0.1) is 0 Å². The molecule has 0 aromatic heterocycles. The van der Waals surface area contributed by atoms with Crippen LogP contribution in [0, 0.1) is 5.41 Å². The molecule has 154 valence electrons. The fourth-order valence-corrected chi connectivity index (χ4v) is 2.05. The van der Waals surface area contributed by atoms with E-state index in [-0.39, 0.29) is 5.84 Å². The molecule has 0 saturated carbocycles. The average Bonchev–Trinajstić information content (AvgIpc) is 2.64. The molecule has 8 nitrogen and oxygen atoms in total. The SMILES string of the molecule is COc1ccccc1OCCCCOc1ccc(C(=N)N)cc1.CS(=O)(=O)O. The summed E-state index contributed by atoms with van der Waals surface area (Å²) in [6.45, 7) is 1.24. The van der Waals surface area contributed by atoms with Gasteiger partial charge in [-0.3, -0.25) is 9.96 Å². The van der Waals surface area contributed by atoms with Crippen molar-refractivity contribution in [1.82, 2.24) is 0 Å². The van der Waals surface area contributed by atoms with Gasteiger partial charge >= 0.3 is 0 Å². The number of hydrogen-bond donors (Lipinski definition) is 3. The third-order valence-corrected chi connectivity index (χ3v) is 3.30. The molecular formula is C19H26N2O6S. The standard InChI is InChI=1S/C18H22N2O3.CH4O3S/c1-21-16-6-2-3-7-17(16)23-13-5-4-12-22-15-10-8-14(9-11-15)18(19)20;1-5(2,3)4/h2-3,6-11H,4-5,12-13H2,1H3,(H3,19,20);1H3,(H,2,3,4). The fourth-order valence-electron chi connectivity index (χ4n) is 2.05. The Kier molecular flexibility index (Phi) is 9.83. The predicted octanol–water partition coefficient (Wildman–Crippen LogP) is 2.72. The molecular weight excluding hydrogens is 384 g/mol. The van der Waals surface area contributed by atoms with Crippen molar-refractivity contribution in [3.63, 3.8) is 0 Å². The molecule has 0 atom stereocenters. The summed E-state index contributed by atoms with van der Waals surface area (Å²) in [6, 6.07) is 14.8. The number of unbranched alkanes of at least 4 members (excludes halogenated alkanes) is 1. The first kappa shape index (κ1) is 23.3. The van der Waals surface area contributed by atoms with Gasteiger partial charge in [0.25, 0.3) is 10.1 Å². The van der Waals surface area contributed by atoms with Crippen LogP contribution in [0.25, 0.3) is 0 Å². The van der Waals surface area contributed by atoms with Gasteiger partial charge in [0, 0.05) is 5.56 Å². The second-order valence-electron chi connectivity index (χ2n) is 5.73. The fraction of sp³-hybridized carbons (Fsp3) is 0.316. The van der Waals surface area contributed by atoms with Crippen molar-refractivity contribution >= 4 is 16.0 Å². The largest absolute Gasteiger partial charge is 0.494 e. The van der Waals surface area contributed by atoms with Gasteiger partial charge in [-0.1, -0.05) is 12.1 Å². The van der Waals surface area contributed by atoms with E-state index in [9.17, 15) is 8.42 Å². The maximum atomic E-state index is 9.19. The molecule has 0 heterocycles. The lowest BCUT2D eigenvalue weighted by atomic mass is 10.2. The Morgan fingerprint density at radius 2 is 1.50 bits per heavy atom. The lowest BCUT2D eigenvalue weighted by Crippen LogP contribution is -2.10. The van der Waals surface area contributed by atoms with Crippen LogP contribution in [0.4, 0.5) is 0 Å². The van der Waals surface area contributed by atoms with Crippen LogP contribution in [-0.2, 0) is 10.1 Å². The minimum absolute atomic E-state index is 0.0602. The van der Waals surface area contributed by atoms with E-state index in [1.165, 1.54) is 0 Å². The summed E-state index contributed by atoms with van der Waals surface area (Å²) in [5.74, 6) is 2.34. The highest BCUT2D eigenvalue weighted by molar-refractivity contribution is 7.85. The smallest absolute Gasteiger partial charge is 0.261 e. The summed E-state index contributed by atoms with van der Waals surface area (Å²) in [7, 11) is -2.03. The molecule has 9 heteroatoms. The van der Waals surface area contributed by atoms with Crippen molar-refractivity contribution in [2.45, 2.75) is 12.8 Å². The second-order valence-corrected chi connectivity index (χ2v) is 7.19. The number of nitrogens with one attached hydrogen (secondary N) is 1. The van der Waals surface area contributed by atoms with Crippen LogP contribution in [0.15, 0.2) is 48.5 Å². The summed E-state index contributed by atoms with van der Waals surface area (Å²) in [5.41, 5.74) is 6.10. The second kappa shape index (κ2) is 11.8. The molecule has 0 unspecified atom stereocenters. The van der Waals surface area contributed by atoms with Gasteiger partial charge in [0.1, 0.15) is 11.6 Å². The van der Waals surface area contributed by atoms with Crippen LogP contribution >= 0.6 is 0 Å². The molecule has 2 rings (SSSR count). The molecule has 0 saturated heterocycles.